The fraction of sp³-hybridized carbons (Fsp3) is 0.522. The smallest absolute Gasteiger partial charge is 0.431 e. The molecule has 1 fully saturated rings. The van der Waals surface area contributed by atoms with Crippen LogP contribution < -0.4 is 4.74 Å². The van der Waals surface area contributed by atoms with Crippen LogP contribution in [-0.4, -0.2) is 54.1 Å². The van der Waals surface area contributed by atoms with Crippen LogP contribution in [0.1, 0.15) is 47.1 Å². The average molecular weight is 435 g/mol. The van der Waals surface area contributed by atoms with Gasteiger partial charge in [0.05, 0.1) is 12.6 Å². The van der Waals surface area contributed by atoms with Crippen molar-refractivity contribution in [2.45, 2.75) is 44.4 Å². The van der Waals surface area contributed by atoms with Gasteiger partial charge < -0.3 is 14.2 Å². The number of halogens is 3. The van der Waals surface area contributed by atoms with E-state index < -0.39 is 17.4 Å². The number of hydrogen-bond acceptors (Lipinski definition) is 3. The fourth-order valence-electron chi connectivity index (χ4n) is 5.09. The van der Waals surface area contributed by atoms with E-state index in [1.54, 1.807) is 24.1 Å². The number of carbonyl (C=O) groups is 1. The number of methoxy groups -OCH3 is 1. The van der Waals surface area contributed by atoms with Gasteiger partial charge >= 0.3 is 6.18 Å². The van der Waals surface area contributed by atoms with Crippen molar-refractivity contribution in [2.75, 3.05) is 33.8 Å². The van der Waals surface area contributed by atoms with Crippen LogP contribution in [0.2, 0.25) is 0 Å². The molecule has 0 N–H and O–H groups in total. The molecule has 0 atom stereocenters. The van der Waals surface area contributed by atoms with Gasteiger partial charge in [-0.05, 0) is 56.1 Å². The van der Waals surface area contributed by atoms with Crippen molar-refractivity contribution in [3.63, 3.8) is 0 Å². The summed E-state index contributed by atoms with van der Waals surface area (Å²) in [5.74, 6) is 0.631. The summed E-state index contributed by atoms with van der Waals surface area (Å²) in [6.45, 7) is 3.89. The van der Waals surface area contributed by atoms with Gasteiger partial charge in [0.2, 0.25) is 0 Å². The number of fused-ring (bicyclic) bond motifs is 2. The number of carbonyl (C=O) groups excluding carboxylic acids is 1. The number of hydrogen-bond donors (Lipinski definition) is 0. The minimum absolute atomic E-state index is 0.0689. The standard InChI is InChI=1S/C23H28F3N3O2/c1-4-16-5-6-17(15-18(16)31-3)21(30)28-11-9-22(10-12-28)19-7-8-20(23(24,25)26)29(19)14-13-27(22)2/h5-8,15H,4,9-14H2,1-3H3. The third-order valence-electron chi connectivity index (χ3n) is 6.93. The highest BCUT2D eigenvalue weighted by Gasteiger charge is 2.47. The molecule has 1 saturated heterocycles. The van der Waals surface area contributed by atoms with Gasteiger partial charge in [0, 0.05) is 37.4 Å². The Bertz CT molecular complexity index is 975. The lowest BCUT2D eigenvalue weighted by Crippen LogP contribution is -2.56. The molecule has 0 bridgehead atoms. The number of rotatable bonds is 3. The summed E-state index contributed by atoms with van der Waals surface area (Å²) >= 11 is 0. The molecular formula is C23H28F3N3O2. The van der Waals surface area contributed by atoms with Crippen molar-refractivity contribution in [1.29, 1.82) is 0 Å². The van der Waals surface area contributed by atoms with Crippen LogP contribution in [0.25, 0.3) is 0 Å². The Morgan fingerprint density at radius 1 is 1.10 bits per heavy atom. The number of likely N-dealkylation sites (tertiary alicyclic amines) is 1. The molecule has 2 aliphatic heterocycles. The van der Waals surface area contributed by atoms with Crippen LogP contribution in [0.3, 0.4) is 0 Å². The maximum absolute atomic E-state index is 13.4. The highest BCUT2D eigenvalue weighted by Crippen LogP contribution is 2.44. The molecule has 3 heterocycles. The van der Waals surface area contributed by atoms with E-state index in [1.165, 1.54) is 10.6 Å². The van der Waals surface area contributed by atoms with Gasteiger partial charge in [-0.15, -0.1) is 0 Å². The molecule has 0 radical (unpaired) electrons. The molecule has 0 saturated carbocycles. The van der Waals surface area contributed by atoms with Gasteiger partial charge in [0.15, 0.2) is 0 Å². The van der Waals surface area contributed by atoms with Gasteiger partial charge in [0.1, 0.15) is 11.4 Å². The van der Waals surface area contributed by atoms with Crippen LogP contribution in [0.5, 0.6) is 5.75 Å². The molecule has 1 aromatic carbocycles. The first-order chi connectivity index (χ1) is 14.7. The predicted molar refractivity (Wildman–Crippen MR) is 111 cm³/mol. The maximum atomic E-state index is 13.4. The number of alkyl halides is 3. The maximum Gasteiger partial charge on any atom is 0.431 e. The second-order valence-corrected chi connectivity index (χ2v) is 8.38. The van der Waals surface area contributed by atoms with E-state index in [2.05, 4.69) is 4.90 Å². The lowest BCUT2D eigenvalue weighted by Gasteiger charge is -2.50. The summed E-state index contributed by atoms with van der Waals surface area (Å²) in [5.41, 5.74) is 1.25. The molecule has 1 spiro atoms. The highest BCUT2D eigenvalue weighted by atomic mass is 19.4. The first kappa shape index (κ1) is 21.7. The number of benzene rings is 1. The summed E-state index contributed by atoms with van der Waals surface area (Å²) < 4.78 is 47.1. The Hall–Kier alpha value is -2.48. The molecule has 5 nitrogen and oxygen atoms in total. The third kappa shape index (κ3) is 3.60. The van der Waals surface area contributed by atoms with Crippen LogP contribution in [0.4, 0.5) is 13.2 Å². The van der Waals surface area contributed by atoms with Crippen LogP contribution in [0, 0.1) is 0 Å². The Morgan fingerprint density at radius 2 is 1.81 bits per heavy atom. The Balaban J connectivity index is 1.56. The summed E-state index contributed by atoms with van der Waals surface area (Å²) in [6, 6.07) is 8.32. The van der Waals surface area contributed by atoms with Crippen molar-refractivity contribution in [3.8, 4) is 5.75 Å². The van der Waals surface area contributed by atoms with Gasteiger partial charge in [-0.1, -0.05) is 13.0 Å². The first-order valence-corrected chi connectivity index (χ1v) is 10.7. The lowest BCUT2D eigenvalue weighted by molar-refractivity contribution is -0.144. The molecule has 4 rings (SSSR count). The zero-order chi connectivity index (χ0) is 22.4. The SMILES string of the molecule is CCc1ccc(C(=O)N2CCC3(CC2)c2ccc(C(F)(F)F)n2CCN3C)cc1OC. The molecule has 0 unspecified atom stereocenters. The van der Waals surface area contributed by atoms with E-state index in [0.717, 1.165) is 12.0 Å². The van der Waals surface area contributed by atoms with Crippen molar-refractivity contribution < 1.29 is 22.7 Å². The van der Waals surface area contributed by atoms with Crippen molar-refractivity contribution in [1.82, 2.24) is 14.4 Å². The van der Waals surface area contributed by atoms with Gasteiger partial charge in [-0.2, -0.15) is 13.2 Å². The number of piperidine rings is 1. The quantitative estimate of drug-likeness (QED) is 0.727. The third-order valence-corrected chi connectivity index (χ3v) is 6.93. The summed E-state index contributed by atoms with van der Waals surface area (Å²) in [4.78, 5) is 17.1. The van der Waals surface area contributed by atoms with E-state index in [0.29, 0.717) is 56.0 Å². The van der Waals surface area contributed by atoms with Gasteiger partial charge in [-0.25, -0.2) is 0 Å². The monoisotopic (exact) mass is 435 g/mol. The lowest BCUT2D eigenvalue weighted by atomic mass is 9.81. The number of ether oxygens (including phenoxy) is 1. The molecule has 8 heteroatoms. The van der Waals surface area contributed by atoms with Crippen LogP contribution in [-0.2, 0) is 24.7 Å². The topological polar surface area (TPSA) is 37.7 Å². The summed E-state index contributed by atoms with van der Waals surface area (Å²) in [7, 11) is 3.56. The van der Waals surface area contributed by atoms with E-state index >= 15 is 0 Å². The highest BCUT2D eigenvalue weighted by molar-refractivity contribution is 5.94. The summed E-state index contributed by atoms with van der Waals surface area (Å²) in [6.07, 6.45) is -2.35. The predicted octanol–water partition coefficient (Wildman–Crippen LogP) is 4.15. The van der Waals surface area contributed by atoms with Gasteiger partial charge in [0.25, 0.3) is 5.91 Å². The van der Waals surface area contributed by atoms with Crippen molar-refractivity contribution in [2.24, 2.45) is 0 Å². The largest absolute Gasteiger partial charge is 0.496 e. The molecule has 0 aliphatic carbocycles. The Kier molecular flexibility index (Phi) is 5.54. The van der Waals surface area contributed by atoms with Gasteiger partial charge in [-0.3, -0.25) is 9.69 Å². The molecule has 2 aromatic rings. The van der Waals surface area contributed by atoms with E-state index in [4.69, 9.17) is 4.74 Å². The van der Waals surface area contributed by atoms with Crippen LogP contribution in [0.15, 0.2) is 30.3 Å². The van der Waals surface area contributed by atoms with Crippen molar-refractivity contribution in [3.05, 3.63) is 52.8 Å². The molecule has 168 valence electrons. The molecule has 31 heavy (non-hydrogen) atoms. The summed E-state index contributed by atoms with van der Waals surface area (Å²) in [5, 5.41) is 0. The number of likely N-dealkylation sites (N-methyl/N-ethyl adjacent to an activating group) is 1. The number of amides is 1. The van der Waals surface area contributed by atoms with E-state index in [9.17, 15) is 18.0 Å². The van der Waals surface area contributed by atoms with Crippen molar-refractivity contribution >= 4 is 5.91 Å². The molecule has 1 aromatic heterocycles. The number of aryl methyl sites for hydroxylation is 1. The second kappa shape index (κ2) is 7.89. The molecular weight excluding hydrogens is 407 g/mol. The normalized spacial score (nSPS) is 18.8. The number of nitrogens with zero attached hydrogens (tertiary/aromatic N) is 3. The Labute approximate surface area is 180 Å². The number of aromatic nitrogens is 1. The zero-order valence-electron chi connectivity index (χ0n) is 18.1. The fourth-order valence-corrected chi connectivity index (χ4v) is 5.09. The van der Waals surface area contributed by atoms with Crippen LogP contribution >= 0.6 is 0 Å². The second-order valence-electron chi connectivity index (χ2n) is 8.38. The minimum atomic E-state index is -4.37. The Morgan fingerprint density at radius 3 is 2.42 bits per heavy atom. The molecule has 2 aliphatic rings. The molecule has 1 amide bonds. The van der Waals surface area contributed by atoms with E-state index in [-0.39, 0.29) is 5.91 Å². The first-order valence-electron chi connectivity index (χ1n) is 10.7. The minimum Gasteiger partial charge on any atom is -0.496 e. The zero-order valence-corrected chi connectivity index (χ0v) is 18.1. The average Bonchev–Trinajstić information content (AvgIpc) is 3.22. The van der Waals surface area contributed by atoms with E-state index in [1.807, 2.05) is 26.1 Å².